The van der Waals surface area contributed by atoms with Crippen molar-refractivity contribution in [2.75, 3.05) is 26.8 Å². The minimum atomic E-state index is -0.167. The minimum absolute atomic E-state index is 0.167. The van der Waals surface area contributed by atoms with E-state index in [0.29, 0.717) is 9.89 Å². The van der Waals surface area contributed by atoms with Crippen LogP contribution in [0.15, 0.2) is 22.7 Å². The summed E-state index contributed by atoms with van der Waals surface area (Å²) in [4.78, 5) is 0. The van der Waals surface area contributed by atoms with Crippen molar-refractivity contribution in [2.24, 2.45) is 5.41 Å². The first-order valence-electron chi connectivity index (χ1n) is 6.79. The molecule has 0 atom stereocenters. The van der Waals surface area contributed by atoms with Gasteiger partial charge in [-0.25, -0.2) is 4.39 Å². The maximum absolute atomic E-state index is 13.5. The van der Waals surface area contributed by atoms with Crippen LogP contribution in [-0.2, 0) is 11.2 Å². The number of benzene rings is 1. The molecule has 2 nitrogen and oxygen atoms in total. The van der Waals surface area contributed by atoms with E-state index in [1.54, 1.807) is 13.2 Å². The van der Waals surface area contributed by atoms with Crippen molar-refractivity contribution in [1.29, 1.82) is 0 Å². The van der Waals surface area contributed by atoms with Crippen LogP contribution in [0.4, 0.5) is 4.39 Å². The molecule has 0 heterocycles. The quantitative estimate of drug-likeness (QED) is 0.772. The van der Waals surface area contributed by atoms with Gasteiger partial charge in [0.25, 0.3) is 0 Å². The van der Waals surface area contributed by atoms with Crippen LogP contribution in [0.2, 0.25) is 0 Å². The molecule has 1 fully saturated rings. The topological polar surface area (TPSA) is 21.3 Å². The van der Waals surface area contributed by atoms with Gasteiger partial charge >= 0.3 is 0 Å². The van der Waals surface area contributed by atoms with E-state index >= 15 is 0 Å². The molecule has 1 aliphatic rings. The minimum Gasteiger partial charge on any atom is -0.383 e. The van der Waals surface area contributed by atoms with Crippen molar-refractivity contribution < 1.29 is 9.13 Å². The SMILES string of the molecule is COCCNCC1(Cc2cccc(F)c2Br)CCC1. The summed E-state index contributed by atoms with van der Waals surface area (Å²) in [5.74, 6) is -0.167. The van der Waals surface area contributed by atoms with Crippen LogP contribution in [-0.4, -0.2) is 26.8 Å². The van der Waals surface area contributed by atoms with Gasteiger partial charge in [0.15, 0.2) is 0 Å². The molecular formula is C15H21BrFNO. The van der Waals surface area contributed by atoms with Crippen molar-refractivity contribution in [3.63, 3.8) is 0 Å². The van der Waals surface area contributed by atoms with Gasteiger partial charge in [-0.3, -0.25) is 0 Å². The zero-order valence-corrected chi connectivity index (χ0v) is 12.9. The first kappa shape index (κ1) is 14.9. The van der Waals surface area contributed by atoms with Crippen LogP contribution >= 0.6 is 15.9 Å². The molecule has 4 heteroatoms. The Hall–Kier alpha value is -0.450. The van der Waals surface area contributed by atoms with Gasteiger partial charge in [-0.1, -0.05) is 18.6 Å². The zero-order valence-electron chi connectivity index (χ0n) is 11.3. The zero-order chi connectivity index (χ0) is 13.7. The molecule has 2 rings (SSSR count). The van der Waals surface area contributed by atoms with Crippen molar-refractivity contribution in [2.45, 2.75) is 25.7 Å². The Morgan fingerprint density at radius 1 is 1.42 bits per heavy atom. The Labute approximate surface area is 122 Å². The molecule has 0 saturated heterocycles. The predicted octanol–water partition coefficient (Wildman–Crippen LogP) is 3.54. The number of ether oxygens (including phenoxy) is 1. The highest BCUT2D eigenvalue weighted by Gasteiger charge is 2.37. The summed E-state index contributed by atoms with van der Waals surface area (Å²) in [6.07, 6.45) is 4.65. The standard InChI is InChI=1S/C15H21BrFNO/c1-19-9-8-18-11-15(6-3-7-15)10-12-4-2-5-13(17)14(12)16/h2,4-5,18H,3,6-11H2,1H3. The number of rotatable bonds is 7. The second-order valence-corrected chi connectivity index (χ2v) is 6.21. The van der Waals surface area contributed by atoms with Crippen LogP contribution in [0.1, 0.15) is 24.8 Å². The lowest BCUT2D eigenvalue weighted by atomic mass is 9.65. The molecule has 0 unspecified atom stereocenters. The molecular weight excluding hydrogens is 309 g/mol. The maximum Gasteiger partial charge on any atom is 0.137 e. The molecule has 1 aromatic carbocycles. The lowest BCUT2D eigenvalue weighted by molar-refractivity contribution is 0.122. The molecule has 0 amide bonds. The van der Waals surface area contributed by atoms with Gasteiger partial charge in [-0.2, -0.15) is 0 Å². The van der Waals surface area contributed by atoms with Crippen LogP contribution in [0, 0.1) is 11.2 Å². The summed E-state index contributed by atoms with van der Waals surface area (Å²) in [5.41, 5.74) is 1.37. The first-order chi connectivity index (χ1) is 9.17. The Balaban J connectivity index is 1.96. The van der Waals surface area contributed by atoms with Gasteiger partial charge < -0.3 is 10.1 Å². The van der Waals surface area contributed by atoms with Crippen LogP contribution < -0.4 is 5.32 Å². The van der Waals surface area contributed by atoms with Gasteiger partial charge in [-0.15, -0.1) is 0 Å². The average Bonchev–Trinajstić information content (AvgIpc) is 2.36. The second kappa shape index (κ2) is 6.82. The summed E-state index contributed by atoms with van der Waals surface area (Å²) in [6, 6.07) is 5.31. The average molecular weight is 330 g/mol. The summed E-state index contributed by atoms with van der Waals surface area (Å²) >= 11 is 3.36. The molecule has 0 aromatic heterocycles. The lowest BCUT2D eigenvalue weighted by Crippen LogP contribution is -2.42. The summed E-state index contributed by atoms with van der Waals surface area (Å²) in [5, 5.41) is 3.45. The summed E-state index contributed by atoms with van der Waals surface area (Å²) in [7, 11) is 1.71. The molecule has 0 radical (unpaired) electrons. The monoisotopic (exact) mass is 329 g/mol. The number of hydrogen-bond donors (Lipinski definition) is 1. The fraction of sp³-hybridized carbons (Fsp3) is 0.600. The van der Waals surface area contributed by atoms with Crippen molar-refractivity contribution in [3.05, 3.63) is 34.1 Å². The molecule has 0 spiro atoms. The molecule has 0 bridgehead atoms. The van der Waals surface area contributed by atoms with E-state index in [0.717, 1.165) is 31.7 Å². The van der Waals surface area contributed by atoms with Gasteiger partial charge in [0.05, 0.1) is 11.1 Å². The van der Waals surface area contributed by atoms with Crippen molar-refractivity contribution >= 4 is 15.9 Å². The van der Waals surface area contributed by atoms with E-state index in [2.05, 4.69) is 21.2 Å². The van der Waals surface area contributed by atoms with Crippen LogP contribution in [0.5, 0.6) is 0 Å². The number of nitrogens with one attached hydrogen (secondary N) is 1. The highest BCUT2D eigenvalue weighted by Crippen LogP contribution is 2.44. The van der Waals surface area contributed by atoms with E-state index in [9.17, 15) is 4.39 Å². The molecule has 106 valence electrons. The van der Waals surface area contributed by atoms with Crippen molar-refractivity contribution in [1.82, 2.24) is 5.32 Å². The first-order valence-corrected chi connectivity index (χ1v) is 7.59. The van der Waals surface area contributed by atoms with E-state index in [-0.39, 0.29) is 5.82 Å². The molecule has 1 N–H and O–H groups in total. The highest BCUT2D eigenvalue weighted by atomic mass is 79.9. The third-order valence-electron chi connectivity index (χ3n) is 3.99. The van der Waals surface area contributed by atoms with Gasteiger partial charge in [0, 0.05) is 20.2 Å². The number of methoxy groups -OCH3 is 1. The third kappa shape index (κ3) is 3.77. The van der Waals surface area contributed by atoms with Crippen LogP contribution in [0.3, 0.4) is 0 Å². The van der Waals surface area contributed by atoms with E-state index in [1.165, 1.54) is 25.3 Å². The molecule has 1 aliphatic carbocycles. The highest BCUT2D eigenvalue weighted by molar-refractivity contribution is 9.10. The van der Waals surface area contributed by atoms with Crippen LogP contribution in [0.25, 0.3) is 0 Å². The second-order valence-electron chi connectivity index (χ2n) is 5.41. The molecule has 1 saturated carbocycles. The Kier molecular flexibility index (Phi) is 5.37. The Morgan fingerprint density at radius 2 is 2.21 bits per heavy atom. The van der Waals surface area contributed by atoms with E-state index in [4.69, 9.17) is 4.74 Å². The molecule has 1 aromatic rings. The normalized spacial score (nSPS) is 17.2. The lowest BCUT2D eigenvalue weighted by Gasteiger charge is -2.42. The molecule has 19 heavy (non-hydrogen) atoms. The van der Waals surface area contributed by atoms with Gasteiger partial charge in [0.1, 0.15) is 5.82 Å². The van der Waals surface area contributed by atoms with E-state index in [1.807, 2.05) is 6.07 Å². The smallest absolute Gasteiger partial charge is 0.137 e. The molecule has 0 aliphatic heterocycles. The fourth-order valence-electron chi connectivity index (χ4n) is 2.71. The van der Waals surface area contributed by atoms with Gasteiger partial charge in [-0.05, 0) is 52.2 Å². The van der Waals surface area contributed by atoms with Crippen molar-refractivity contribution in [3.8, 4) is 0 Å². The largest absolute Gasteiger partial charge is 0.383 e. The number of hydrogen-bond acceptors (Lipinski definition) is 2. The predicted molar refractivity (Wildman–Crippen MR) is 78.8 cm³/mol. The summed E-state index contributed by atoms with van der Waals surface area (Å²) in [6.45, 7) is 2.60. The maximum atomic E-state index is 13.5. The summed E-state index contributed by atoms with van der Waals surface area (Å²) < 4.78 is 19.2. The Morgan fingerprint density at radius 3 is 2.84 bits per heavy atom. The third-order valence-corrected chi connectivity index (χ3v) is 4.88. The Bertz CT molecular complexity index is 421. The number of halogens is 2. The van der Waals surface area contributed by atoms with E-state index < -0.39 is 0 Å². The van der Waals surface area contributed by atoms with Gasteiger partial charge in [0.2, 0.25) is 0 Å². The fourth-order valence-corrected chi connectivity index (χ4v) is 3.11.